The summed E-state index contributed by atoms with van der Waals surface area (Å²) < 4.78 is 0. The standard InChI is InChI=1S/C11H19N3OS/c1-4-12-8(2)5-10(15)13-7-11-14-6-9(3)16-11/h6,8,12H,4-5,7H2,1-3H3,(H,13,15). The molecule has 0 aromatic carbocycles. The van der Waals surface area contributed by atoms with Crippen LogP contribution < -0.4 is 10.6 Å². The van der Waals surface area contributed by atoms with Gasteiger partial charge >= 0.3 is 0 Å². The van der Waals surface area contributed by atoms with E-state index in [0.717, 1.165) is 11.6 Å². The molecule has 1 aromatic heterocycles. The van der Waals surface area contributed by atoms with Crippen LogP contribution in [0, 0.1) is 6.92 Å². The van der Waals surface area contributed by atoms with Crippen molar-refractivity contribution in [2.45, 2.75) is 39.8 Å². The fourth-order valence-electron chi connectivity index (χ4n) is 1.43. The summed E-state index contributed by atoms with van der Waals surface area (Å²) in [4.78, 5) is 16.9. The monoisotopic (exact) mass is 241 g/mol. The minimum absolute atomic E-state index is 0.0707. The summed E-state index contributed by atoms with van der Waals surface area (Å²) in [5.74, 6) is 0.0707. The number of carbonyl (C=O) groups excluding carboxylic acids is 1. The number of thiazole rings is 1. The number of rotatable bonds is 6. The average Bonchev–Trinajstić information content (AvgIpc) is 2.61. The molecule has 0 aliphatic rings. The number of amides is 1. The first-order valence-corrected chi connectivity index (χ1v) is 6.34. The molecule has 90 valence electrons. The van der Waals surface area contributed by atoms with Gasteiger partial charge in [0.05, 0.1) is 6.54 Å². The molecule has 0 saturated heterocycles. The first kappa shape index (κ1) is 13.1. The summed E-state index contributed by atoms with van der Waals surface area (Å²) in [7, 11) is 0. The third kappa shape index (κ3) is 4.72. The molecule has 0 aliphatic carbocycles. The molecular weight excluding hydrogens is 222 g/mol. The second-order valence-corrected chi connectivity index (χ2v) is 5.12. The van der Waals surface area contributed by atoms with E-state index in [1.165, 1.54) is 4.88 Å². The highest BCUT2D eigenvalue weighted by molar-refractivity contribution is 7.11. The summed E-state index contributed by atoms with van der Waals surface area (Å²) in [5, 5.41) is 7.04. The zero-order valence-electron chi connectivity index (χ0n) is 10.0. The molecule has 0 fully saturated rings. The minimum atomic E-state index is 0.0707. The molecule has 0 bridgehead atoms. The lowest BCUT2D eigenvalue weighted by Crippen LogP contribution is -2.33. The summed E-state index contributed by atoms with van der Waals surface area (Å²) in [6, 6.07) is 0.225. The van der Waals surface area contributed by atoms with Gasteiger partial charge in [-0.25, -0.2) is 4.98 Å². The van der Waals surface area contributed by atoms with Gasteiger partial charge in [-0.1, -0.05) is 6.92 Å². The van der Waals surface area contributed by atoms with Crippen molar-refractivity contribution in [3.63, 3.8) is 0 Å². The van der Waals surface area contributed by atoms with Crippen LogP contribution in [-0.4, -0.2) is 23.5 Å². The van der Waals surface area contributed by atoms with Crippen molar-refractivity contribution in [2.24, 2.45) is 0 Å². The Labute approximate surface area is 100 Å². The lowest BCUT2D eigenvalue weighted by Gasteiger charge is -2.11. The van der Waals surface area contributed by atoms with Crippen molar-refractivity contribution in [3.05, 3.63) is 16.1 Å². The Bertz CT molecular complexity index is 338. The zero-order valence-corrected chi connectivity index (χ0v) is 10.9. The molecule has 1 rings (SSSR count). The maximum absolute atomic E-state index is 11.5. The van der Waals surface area contributed by atoms with E-state index in [0.29, 0.717) is 13.0 Å². The first-order chi connectivity index (χ1) is 7.61. The van der Waals surface area contributed by atoms with Gasteiger partial charge in [-0.2, -0.15) is 0 Å². The number of carbonyl (C=O) groups is 1. The van der Waals surface area contributed by atoms with Gasteiger partial charge in [-0.15, -0.1) is 11.3 Å². The summed E-state index contributed by atoms with van der Waals surface area (Å²) in [6.07, 6.45) is 2.34. The predicted octanol–water partition coefficient (Wildman–Crippen LogP) is 1.46. The van der Waals surface area contributed by atoms with E-state index in [4.69, 9.17) is 0 Å². The van der Waals surface area contributed by atoms with Crippen molar-refractivity contribution in [2.75, 3.05) is 6.54 Å². The van der Waals surface area contributed by atoms with Crippen molar-refractivity contribution < 1.29 is 4.79 Å². The number of hydrogen-bond donors (Lipinski definition) is 2. The molecule has 0 spiro atoms. The summed E-state index contributed by atoms with van der Waals surface area (Å²) in [5.41, 5.74) is 0. The Morgan fingerprint density at radius 2 is 2.38 bits per heavy atom. The van der Waals surface area contributed by atoms with Crippen LogP contribution in [-0.2, 0) is 11.3 Å². The van der Waals surface area contributed by atoms with Gasteiger partial charge in [0.2, 0.25) is 5.91 Å². The van der Waals surface area contributed by atoms with Crippen molar-refractivity contribution in [1.82, 2.24) is 15.6 Å². The van der Waals surface area contributed by atoms with E-state index >= 15 is 0 Å². The Balaban J connectivity index is 2.25. The fourth-order valence-corrected chi connectivity index (χ4v) is 2.16. The molecular formula is C11H19N3OS. The number of aryl methyl sites for hydroxylation is 1. The Morgan fingerprint density at radius 3 is 2.94 bits per heavy atom. The minimum Gasteiger partial charge on any atom is -0.350 e. The van der Waals surface area contributed by atoms with Crippen molar-refractivity contribution in [3.8, 4) is 0 Å². The van der Waals surface area contributed by atoms with Gasteiger partial charge in [-0.3, -0.25) is 4.79 Å². The maximum Gasteiger partial charge on any atom is 0.221 e. The number of nitrogens with zero attached hydrogens (tertiary/aromatic N) is 1. The van der Waals surface area contributed by atoms with E-state index in [9.17, 15) is 4.79 Å². The van der Waals surface area contributed by atoms with Gasteiger partial charge in [-0.05, 0) is 20.4 Å². The quantitative estimate of drug-likeness (QED) is 0.792. The van der Waals surface area contributed by atoms with Gasteiger partial charge in [0.15, 0.2) is 0 Å². The highest BCUT2D eigenvalue weighted by Crippen LogP contribution is 2.10. The van der Waals surface area contributed by atoms with Crippen LogP contribution in [0.5, 0.6) is 0 Å². The molecule has 4 nitrogen and oxygen atoms in total. The molecule has 5 heteroatoms. The third-order valence-electron chi connectivity index (χ3n) is 2.15. The lowest BCUT2D eigenvalue weighted by molar-refractivity contribution is -0.121. The number of hydrogen-bond acceptors (Lipinski definition) is 4. The molecule has 16 heavy (non-hydrogen) atoms. The maximum atomic E-state index is 11.5. The summed E-state index contributed by atoms with van der Waals surface area (Å²) in [6.45, 7) is 7.48. The van der Waals surface area contributed by atoms with Crippen LogP contribution in [0.1, 0.15) is 30.2 Å². The zero-order chi connectivity index (χ0) is 12.0. The third-order valence-corrected chi connectivity index (χ3v) is 3.06. The Morgan fingerprint density at radius 1 is 1.62 bits per heavy atom. The molecule has 2 N–H and O–H groups in total. The first-order valence-electron chi connectivity index (χ1n) is 5.53. The SMILES string of the molecule is CCNC(C)CC(=O)NCc1ncc(C)s1. The molecule has 1 amide bonds. The van der Waals surface area contributed by atoms with Crippen LogP contribution in [0.25, 0.3) is 0 Å². The molecule has 1 heterocycles. The number of nitrogens with one attached hydrogen (secondary N) is 2. The number of aromatic nitrogens is 1. The Kier molecular flexibility index (Phi) is 5.42. The van der Waals surface area contributed by atoms with Crippen LogP contribution in [0.2, 0.25) is 0 Å². The van der Waals surface area contributed by atoms with Crippen molar-refractivity contribution in [1.29, 1.82) is 0 Å². The van der Waals surface area contributed by atoms with Crippen LogP contribution >= 0.6 is 11.3 Å². The predicted molar refractivity (Wildman–Crippen MR) is 66.5 cm³/mol. The van der Waals surface area contributed by atoms with Crippen molar-refractivity contribution >= 4 is 17.2 Å². The largest absolute Gasteiger partial charge is 0.350 e. The van der Waals surface area contributed by atoms with Gasteiger partial charge in [0.1, 0.15) is 5.01 Å². The van der Waals surface area contributed by atoms with E-state index in [2.05, 4.69) is 15.6 Å². The normalized spacial score (nSPS) is 12.4. The smallest absolute Gasteiger partial charge is 0.221 e. The van der Waals surface area contributed by atoms with E-state index < -0.39 is 0 Å². The van der Waals surface area contributed by atoms with Crippen LogP contribution in [0.4, 0.5) is 0 Å². The van der Waals surface area contributed by atoms with E-state index in [1.54, 1.807) is 11.3 Å². The molecule has 1 unspecified atom stereocenters. The molecule has 0 saturated carbocycles. The Hall–Kier alpha value is -0.940. The van der Waals surface area contributed by atoms with Crippen LogP contribution in [0.15, 0.2) is 6.20 Å². The van der Waals surface area contributed by atoms with Gasteiger partial charge in [0, 0.05) is 23.5 Å². The highest BCUT2D eigenvalue weighted by atomic mass is 32.1. The average molecular weight is 241 g/mol. The lowest BCUT2D eigenvalue weighted by atomic mass is 10.2. The highest BCUT2D eigenvalue weighted by Gasteiger charge is 2.08. The second-order valence-electron chi connectivity index (χ2n) is 3.80. The van der Waals surface area contributed by atoms with Gasteiger partial charge in [0.25, 0.3) is 0 Å². The molecule has 0 aliphatic heterocycles. The van der Waals surface area contributed by atoms with Gasteiger partial charge < -0.3 is 10.6 Å². The van der Waals surface area contributed by atoms with E-state index in [-0.39, 0.29) is 11.9 Å². The molecule has 1 atom stereocenters. The van der Waals surface area contributed by atoms with E-state index in [1.807, 2.05) is 27.0 Å². The topological polar surface area (TPSA) is 54.0 Å². The molecule has 1 aromatic rings. The second kappa shape index (κ2) is 6.60. The van der Waals surface area contributed by atoms with Crippen LogP contribution in [0.3, 0.4) is 0 Å². The fraction of sp³-hybridized carbons (Fsp3) is 0.636. The summed E-state index contributed by atoms with van der Waals surface area (Å²) >= 11 is 1.62. The molecule has 0 radical (unpaired) electrons.